The van der Waals surface area contributed by atoms with Crippen LogP contribution in [0.25, 0.3) is 0 Å². The first-order chi connectivity index (χ1) is 7.17. The number of nitro groups is 1. The molecule has 5 heteroatoms. The van der Waals surface area contributed by atoms with Crippen LogP contribution in [0.1, 0.15) is 0 Å². The first-order valence-corrected chi connectivity index (χ1v) is 6.30. The van der Waals surface area contributed by atoms with Crippen molar-refractivity contribution >= 4 is 10.2 Å². The van der Waals surface area contributed by atoms with Crippen molar-refractivity contribution in [3.63, 3.8) is 0 Å². The Labute approximate surface area is 89.8 Å². The lowest BCUT2D eigenvalue weighted by Crippen LogP contribution is -2.17. The van der Waals surface area contributed by atoms with Gasteiger partial charge in [-0.15, -0.1) is 6.58 Å². The van der Waals surface area contributed by atoms with Crippen LogP contribution in [-0.4, -0.2) is 21.1 Å². The molecule has 1 N–H and O–H groups in total. The van der Waals surface area contributed by atoms with E-state index in [9.17, 15) is 15.2 Å². The Balaban J connectivity index is 3.21. The number of aliphatic hydroxyl groups excluding tert-OH is 1. The van der Waals surface area contributed by atoms with E-state index in [1.165, 1.54) is 6.08 Å². The molecule has 0 saturated carbocycles. The summed E-state index contributed by atoms with van der Waals surface area (Å²) in [6.45, 7) is 3.51. The van der Waals surface area contributed by atoms with Crippen LogP contribution in [0.4, 0.5) is 0 Å². The van der Waals surface area contributed by atoms with Gasteiger partial charge in [0.25, 0.3) is 0 Å². The summed E-state index contributed by atoms with van der Waals surface area (Å²) in [6, 6.07) is 8.62. The van der Waals surface area contributed by atoms with Crippen molar-refractivity contribution in [2.75, 3.05) is 11.7 Å². The third kappa shape index (κ3) is 2.19. The van der Waals surface area contributed by atoms with Crippen molar-refractivity contribution in [3.05, 3.63) is 53.1 Å². The highest BCUT2D eigenvalue weighted by molar-refractivity contribution is 8.28. The molecule has 0 spiro atoms. The molecule has 0 aromatic heterocycles. The summed E-state index contributed by atoms with van der Waals surface area (Å²) < 4.78 is -0.371. The molecular weight excluding hydrogens is 214 g/mol. The van der Waals surface area contributed by atoms with Crippen LogP contribution in [0, 0.1) is 10.1 Å². The Kier molecular flexibility index (Phi) is 3.88. The van der Waals surface area contributed by atoms with Gasteiger partial charge in [-0.25, -0.2) is 0 Å². The Morgan fingerprint density at radius 2 is 2.07 bits per heavy atom. The van der Waals surface area contributed by atoms with Crippen LogP contribution in [-0.2, 0) is 0 Å². The van der Waals surface area contributed by atoms with Gasteiger partial charge in [-0.3, -0.25) is 10.1 Å². The van der Waals surface area contributed by atoms with Crippen molar-refractivity contribution in [3.8, 4) is 0 Å². The molecule has 0 aliphatic rings. The number of benzene rings is 1. The minimum Gasteiger partial charge on any atom is -0.381 e. The number of hydrogen-bond acceptors (Lipinski definition) is 3. The van der Waals surface area contributed by atoms with Crippen LogP contribution in [0.3, 0.4) is 0 Å². The summed E-state index contributed by atoms with van der Waals surface area (Å²) in [7, 11) is -2.42. The monoisotopic (exact) mass is 227 g/mol. The van der Waals surface area contributed by atoms with Crippen molar-refractivity contribution < 1.29 is 9.44 Å². The van der Waals surface area contributed by atoms with E-state index in [1.807, 2.05) is 0 Å². The second-order valence-electron chi connectivity index (χ2n) is 2.96. The predicted molar refractivity (Wildman–Crippen MR) is 61.4 cm³/mol. The maximum absolute atomic E-state index is 11.1. The van der Waals surface area contributed by atoms with Crippen LogP contribution >= 0.6 is 10.2 Å². The van der Waals surface area contributed by atoms with E-state index < -0.39 is 16.2 Å². The quantitative estimate of drug-likeness (QED) is 0.476. The number of nitrogens with zero attached hydrogens (tertiary/aromatic N) is 1. The van der Waals surface area contributed by atoms with E-state index in [-0.39, 0.29) is 10.1 Å². The first kappa shape index (κ1) is 11.7. The molecule has 0 aliphatic heterocycles. The predicted octanol–water partition coefficient (Wildman–Crippen LogP) is 2.18. The summed E-state index contributed by atoms with van der Waals surface area (Å²) in [5.74, 6) is -0.253. The summed E-state index contributed by atoms with van der Waals surface area (Å²) in [5, 5.41) is 20.4. The zero-order valence-electron chi connectivity index (χ0n) is 8.20. The molecule has 1 aromatic carbocycles. The Morgan fingerprint density at radius 3 is 2.47 bits per heavy atom. The molecule has 0 radical (unpaired) electrons. The standard InChI is InChI=1S/C10H13NO3S/c1-2-8-15(9-12,11(13)14)10-6-4-3-5-7-10/h2-7,12H,1,8-9H2. The fraction of sp³-hybridized carbons (Fsp3) is 0.200. The highest BCUT2D eigenvalue weighted by Crippen LogP contribution is 2.54. The van der Waals surface area contributed by atoms with Gasteiger partial charge in [0.1, 0.15) is 5.94 Å². The number of rotatable bonds is 5. The minimum absolute atomic E-state index is 0.195. The normalized spacial score (nSPS) is 16.3. The molecule has 15 heavy (non-hydrogen) atoms. The summed E-state index contributed by atoms with van der Waals surface area (Å²) >= 11 is 0. The van der Waals surface area contributed by atoms with Gasteiger partial charge in [-0.2, -0.15) is 0 Å². The minimum atomic E-state index is -2.42. The van der Waals surface area contributed by atoms with E-state index in [0.717, 1.165) is 0 Å². The lowest BCUT2D eigenvalue weighted by molar-refractivity contribution is -0.298. The SMILES string of the molecule is C=CCS(CO)(c1ccccc1)[N+](=O)[O-]. The summed E-state index contributed by atoms with van der Waals surface area (Å²) in [5.41, 5.74) is 0. The van der Waals surface area contributed by atoms with Crippen LogP contribution in [0.2, 0.25) is 0 Å². The molecular formula is C10H13NO3S. The average molecular weight is 227 g/mol. The zero-order valence-corrected chi connectivity index (χ0v) is 9.02. The molecule has 1 rings (SSSR count). The Bertz CT molecular complexity index is 355. The highest BCUT2D eigenvalue weighted by Gasteiger charge is 2.36. The van der Waals surface area contributed by atoms with Crippen molar-refractivity contribution in [2.45, 2.75) is 4.90 Å². The maximum atomic E-state index is 11.1. The van der Waals surface area contributed by atoms with Gasteiger partial charge in [0.15, 0.2) is 0 Å². The number of aliphatic hydroxyl groups is 1. The van der Waals surface area contributed by atoms with Gasteiger partial charge in [-0.05, 0) is 12.1 Å². The average Bonchev–Trinajstić information content (AvgIpc) is 2.26. The smallest absolute Gasteiger partial charge is 0.135 e. The maximum Gasteiger partial charge on any atom is 0.135 e. The van der Waals surface area contributed by atoms with Crippen LogP contribution in [0.15, 0.2) is 47.9 Å². The van der Waals surface area contributed by atoms with E-state index in [1.54, 1.807) is 30.3 Å². The van der Waals surface area contributed by atoms with Crippen LogP contribution < -0.4 is 0 Å². The van der Waals surface area contributed by atoms with Crippen LogP contribution in [0.5, 0.6) is 0 Å². The summed E-state index contributed by atoms with van der Waals surface area (Å²) in [4.78, 5) is 11.7. The fourth-order valence-electron chi connectivity index (χ4n) is 1.29. The topological polar surface area (TPSA) is 63.4 Å². The van der Waals surface area contributed by atoms with Gasteiger partial charge in [-0.1, -0.05) is 24.3 Å². The van der Waals surface area contributed by atoms with Gasteiger partial charge >= 0.3 is 0 Å². The number of hydrogen-bond donors (Lipinski definition) is 1. The Morgan fingerprint density at radius 1 is 1.47 bits per heavy atom. The molecule has 82 valence electrons. The molecule has 0 bridgehead atoms. The molecule has 1 unspecified atom stereocenters. The third-order valence-corrected chi connectivity index (χ3v) is 5.01. The molecule has 0 fully saturated rings. The molecule has 0 heterocycles. The van der Waals surface area contributed by atoms with E-state index in [0.29, 0.717) is 4.90 Å². The lowest BCUT2D eigenvalue weighted by Gasteiger charge is -2.26. The zero-order chi connectivity index (χ0) is 11.3. The van der Waals surface area contributed by atoms with Gasteiger partial charge in [0.05, 0.1) is 25.2 Å². The Hall–Kier alpha value is -1.33. The summed E-state index contributed by atoms with van der Waals surface area (Å²) in [6.07, 6.45) is 1.49. The molecule has 0 saturated heterocycles. The second-order valence-corrected chi connectivity index (χ2v) is 6.01. The van der Waals surface area contributed by atoms with Gasteiger partial charge in [0.2, 0.25) is 0 Å². The van der Waals surface area contributed by atoms with E-state index in [2.05, 4.69) is 6.58 Å². The second kappa shape index (κ2) is 4.95. The van der Waals surface area contributed by atoms with Gasteiger partial charge in [0, 0.05) is 0 Å². The van der Waals surface area contributed by atoms with Crippen molar-refractivity contribution in [1.29, 1.82) is 0 Å². The highest BCUT2D eigenvalue weighted by atomic mass is 32.3. The lowest BCUT2D eigenvalue weighted by atomic mass is 10.4. The van der Waals surface area contributed by atoms with E-state index in [4.69, 9.17) is 0 Å². The molecule has 0 amide bonds. The van der Waals surface area contributed by atoms with E-state index >= 15 is 0 Å². The third-order valence-electron chi connectivity index (χ3n) is 2.07. The van der Waals surface area contributed by atoms with Crippen molar-refractivity contribution in [1.82, 2.24) is 0 Å². The van der Waals surface area contributed by atoms with Gasteiger partial charge < -0.3 is 5.11 Å². The fourth-order valence-corrected chi connectivity index (χ4v) is 3.18. The largest absolute Gasteiger partial charge is 0.381 e. The molecule has 1 atom stereocenters. The van der Waals surface area contributed by atoms with Crippen molar-refractivity contribution in [2.24, 2.45) is 0 Å². The molecule has 0 aliphatic carbocycles. The molecule has 1 aromatic rings. The molecule has 4 nitrogen and oxygen atoms in total. The first-order valence-electron chi connectivity index (χ1n) is 4.37.